The molecular formula is C12H17NO3S. The molecule has 0 bridgehead atoms. The van der Waals surface area contributed by atoms with Crippen molar-refractivity contribution in [3.63, 3.8) is 0 Å². The molecule has 4 nitrogen and oxygen atoms in total. The summed E-state index contributed by atoms with van der Waals surface area (Å²) in [6.07, 6.45) is 0.0696. The molecule has 0 unspecified atom stereocenters. The van der Waals surface area contributed by atoms with Gasteiger partial charge in [0.25, 0.3) is 0 Å². The van der Waals surface area contributed by atoms with Crippen molar-refractivity contribution in [2.45, 2.75) is 18.6 Å². The first-order chi connectivity index (χ1) is 8.07. The van der Waals surface area contributed by atoms with E-state index in [9.17, 15) is 13.5 Å². The highest BCUT2D eigenvalue weighted by atomic mass is 32.2. The maximum absolute atomic E-state index is 11.3. The SMILES string of the molecule is O=S1(=O)C[C@@H](O)[C@@H](NCCc2ccccc2)C1. The Bertz CT molecular complexity index is 458. The van der Waals surface area contributed by atoms with Crippen LogP contribution in [0.5, 0.6) is 0 Å². The summed E-state index contributed by atoms with van der Waals surface area (Å²) in [6, 6.07) is 9.66. The summed E-state index contributed by atoms with van der Waals surface area (Å²) in [5.74, 6) is -0.0705. The molecule has 0 aromatic heterocycles. The summed E-state index contributed by atoms with van der Waals surface area (Å²) in [5.41, 5.74) is 1.20. The van der Waals surface area contributed by atoms with Crippen LogP contribution in [0.4, 0.5) is 0 Å². The highest BCUT2D eigenvalue weighted by Gasteiger charge is 2.35. The van der Waals surface area contributed by atoms with Crippen LogP contribution in [0.15, 0.2) is 30.3 Å². The highest BCUT2D eigenvalue weighted by molar-refractivity contribution is 7.91. The molecule has 1 aliphatic rings. The number of benzene rings is 1. The first kappa shape index (κ1) is 12.5. The standard InChI is InChI=1S/C12H17NO3S/c14-12-9-17(15,16)8-11(12)13-7-6-10-4-2-1-3-5-10/h1-5,11-14H,6-9H2/t11-,12+/m0/s1. The maximum atomic E-state index is 11.3. The van der Waals surface area contributed by atoms with Gasteiger partial charge in [0, 0.05) is 6.04 Å². The van der Waals surface area contributed by atoms with Crippen LogP contribution < -0.4 is 5.32 Å². The van der Waals surface area contributed by atoms with Gasteiger partial charge in [0.15, 0.2) is 9.84 Å². The van der Waals surface area contributed by atoms with Crippen LogP contribution in [-0.2, 0) is 16.3 Å². The Morgan fingerprint density at radius 3 is 2.53 bits per heavy atom. The van der Waals surface area contributed by atoms with E-state index in [4.69, 9.17) is 0 Å². The molecule has 0 radical (unpaired) electrons. The normalized spacial score (nSPS) is 27.1. The topological polar surface area (TPSA) is 66.4 Å². The fourth-order valence-corrected chi connectivity index (χ4v) is 3.85. The average molecular weight is 255 g/mol. The van der Waals surface area contributed by atoms with Crippen molar-refractivity contribution in [2.75, 3.05) is 18.1 Å². The second kappa shape index (κ2) is 5.16. The van der Waals surface area contributed by atoms with Crippen molar-refractivity contribution >= 4 is 9.84 Å². The van der Waals surface area contributed by atoms with Gasteiger partial charge in [0.05, 0.1) is 17.6 Å². The van der Waals surface area contributed by atoms with Crippen LogP contribution in [0.1, 0.15) is 5.56 Å². The Hall–Kier alpha value is -0.910. The molecule has 1 fully saturated rings. The molecule has 2 atom stereocenters. The number of hydrogen-bond acceptors (Lipinski definition) is 4. The number of aliphatic hydroxyl groups excluding tert-OH is 1. The van der Waals surface area contributed by atoms with Gasteiger partial charge in [-0.05, 0) is 18.5 Å². The van der Waals surface area contributed by atoms with Crippen LogP contribution >= 0.6 is 0 Å². The fourth-order valence-electron chi connectivity index (χ4n) is 2.07. The molecule has 17 heavy (non-hydrogen) atoms. The lowest BCUT2D eigenvalue weighted by molar-refractivity contribution is 0.166. The van der Waals surface area contributed by atoms with E-state index in [1.807, 2.05) is 30.3 Å². The summed E-state index contributed by atoms with van der Waals surface area (Å²) >= 11 is 0. The van der Waals surface area contributed by atoms with Crippen molar-refractivity contribution in [1.29, 1.82) is 0 Å². The molecule has 94 valence electrons. The van der Waals surface area contributed by atoms with Gasteiger partial charge >= 0.3 is 0 Å². The second-order valence-electron chi connectivity index (χ2n) is 4.44. The van der Waals surface area contributed by atoms with E-state index in [1.165, 1.54) is 5.56 Å². The third-order valence-electron chi connectivity index (χ3n) is 2.99. The molecule has 1 heterocycles. The van der Waals surface area contributed by atoms with Gasteiger partial charge in [-0.25, -0.2) is 8.42 Å². The van der Waals surface area contributed by atoms with Gasteiger partial charge in [0.2, 0.25) is 0 Å². The molecule has 2 rings (SSSR count). The molecule has 1 saturated heterocycles. The van der Waals surface area contributed by atoms with Gasteiger partial charge in [-0.2, -0.15) is 0 Å². The lowest BCUT2D eigenvalue weighted by atomic mass is 10.1. The molecule has 1 aromatic carbocycles. The first-order valence-corrected chi connectivity index (χ1v) is 7.55. The Labute approximate surface area is 102 Å². The van der Waals surface area contributed by atoms with Gasteiger partial charge in [-0.3, -0.25) is 0 Å². The quantitative estimate of drug-likeness (QED) is 0.793. The number of hydrogen-bond donors (Lipinski definition) is 2. The molecule has 0 aliphatic carbocycles. The summed E-state index contributed by atoms with van der Waals surface area (Å²) in [7, 11) is -3.05. The zero-order valence-electron chi connectivity index (χ0n) is 9.54. The van der Waals surface area contributed by atoms with Crippen molar-refractivity contribution < 1.29 is 13.5 Å². The number of aliphatic hydroxyl groups is 1. The van der Waals surface area contributed by atoms with Crippen LogP contribution in [0.2, 0.25) is 0 Å². The third kappa shape index (κ3) is 3.52. The van der Waals surface area contributed by atoms with E-state index in [0.29, 0.717) is 6.54 Å². The summed E-state index contributed by atoms with van der Waals surface area (Å²) in [4.78, 5) is 0. The average Bonchev–Trinajstić information content (AvgIpc) is 2.53. The summed E-state index contributed by atoms with van der Waals surface area (Å²) < 4.78 is 22.6. The van der Waals surface area contributed by atoms with Crippen LogP contribution in [0, 0.1) is 0 Å². The van der Waals surface area contributed by atoms with Gasteiger partial charge in [0.1, 0.15) is 0 Å². The Morgan fingerprint density at radius 2 is 1.94 bits per heavy atom. The lowest BCUT2D eigenvalue weighted by Crippen LogP contribution is -2.39. The number of sulfone groups is 1. The molecular weight excluding hydrogens is 238 g/mol. The number of nitrogens with one attached hydrogen (secondary N) is 1. The predicted octanol–water partition coefficient (Wildman–Crippen LogP) is -0.0234. The van der Waals surface area contributed by atoms with Crippen LogP contribution in [0.3, 0.4) is 0 Å². The largest absolute Gasteiger partial charge is 0.390 e. The fraction of sp³-hybridized carbons (Fsp3) is 0.500. The summed E-state index contributed by atoms with van der Waals surface area (Å²) in [6.45, 7) is 0.682. The second-order valence-corrected chi connectivity index (χ2v) is 6.59. The van der Waals surface area contributed by atoms with Crippen molar-refractivity contribution in [2.24, 2.45) is 0 Å². The molecule has 2 N–H and O–H groups in total. The molecule has 0 spiro atoms. The molecule has 0 saturated carbocycles. The Kier molecular flexibility index (Phi) is 3.81. The lowest BCUT2D eigenvalue weighted by Gasteiger charge is -2.14. The van der Waals surface area contributed by atoms with Crippen LogP contribution in [0.25, 0.3) is 0 Å². The Balaban J connectivity index is 1.80. The summed E-state index contributed by atoms with van der Waals surface area (Å²) in [5, 5.41) is 12.7. The molecule has 1 aromatic rings. The van der Waals surface area contributed by atoms with E-state index >= 15 is 0 Å². The van der Waals surface area contributed by atoms with Crippen molar-refractivity contribution in [1.82, 2.24) is 5.32 Å². The zero-order chi connectivity index (χ0) is 12.3. The van der Waals surface area contributed by atoms with Gasteiger partial charge < -0.3 is 10.4 Å². The minimum absolute atomic E-state index is 0.0446. The van der Waals surface area contributed by atoms with Crippen molar-refractivity contribution in [3.05, 3.63) is 35.9 Å². The predicted molar refractivity (Wildman–Crippen MR) is 66.6 cm³/mol. The van der Waals surface area contributed by atoms with Crippen LogP contribution in [-0.4, -0.2) is 43.7 Å². The monoisotopic (exact) mass is 255 g/mol. The van der Waals surface area contributed by atoms with E-state index in [1.54, 1.807) is 0 Å². The minimum Gasteiger partial charge on any atom is -0.390 e. The minimum atomic E-state index is -3.05. The molecule has 1 aliphatic heterocycles. The van der Waals surface area contributed by atoms with Crippen molar-refractivity contribution in [3.8, 4) is 0 Å². The van der Waals surface area contributed by atoms with E-state index < -0.39 is 15.9 Å². The highest BCUT2D eigenvalue weighted by Crippen LogP contribution is 2.12. The van der Waals surface area contributed by atoms with E-state index in [-0.39, 0.29) is 17.5 Å². The number of rotatable bonds is 4. The Morgan fingerprint density at radius 1 is 1.24 bits per heavy atom. The van der Waals surface area contributed by atoms with Gasteiger partial charge in [-0.1, -0.05) is 30.3 Å². The maximum Gasteiger partial charge on any atom is 0.154 e. The smallest absolute Gasteiger partial charge is 0.154 e. The molecule has 0 amide bonds. The zero-order valence-corrected chi connectivity index (χ0v) is 10.4. The van der Waals surface area contributed by atoms with E-state index in [0.717, 1.165) is 6.42 Å². The molecule has 5 heteroatoms. The van der Waals surface area contributed by atoms with E-state index in [2.05, 4.69) is 5.32 Å². The third-order valence-corrected chi connectivity index (χ3v) is 4.70. The first-order valence-electron chi connectivity index (χ1n) is 5.73. The van der Waals surface area contributed by atoms with Gasteiger partial charge in [-0.15, -0.1) is 0 Å².